The molecule has 0 aromatic carbocycles. The van der Waals surface area contributed by atoms with E-state index in [1.165, 1.54) is 25.0 Å². The normalized spacial score (nSPS) is 11.0. The molecule has 0 aliphatic heterocycles. The monoisotopic (exact) mass is 204 g/mol. The van der Waals surface area contributed by atoms with Crippen molar-refractivity contribution in [2.75, 3.05) is 5.73 Å². The largest absolute Gasteiger partial charge is 0.381 e. The van der Waals surface area contributed by atoms with Gasteiger partial charge in [-0.2, -0.15) is 0 Å². The molecule has 0 unspecified atom stereocenters. The van der Waals surface area contributed by atoms with E-state index in [2.05, 4.69) is 16.9 Å². The van der Waals surface area contributed by atoms with Crippen molar-refractivity contribution in [3.8, 4) is 0 Å². The summed E-state index contributed by atoms with van der Waals surface area (Å²) in [7, 11) is 0. The van der Waals surface area contributed by atoms with Crippen LogP contribution in [0, 0.1) is 0 Å². The molecule has 80 valence electrons. The average Bonchev–Trinajstić information content (AvgIpc) is 2.64. The molecule has 0 atom stereocenters. The van der Waals surface area contributed by atoms with Gasteiger partial charge in [-0.25, -0.2) is 9.97 Å². The first-order valence-electron chi connectivity index (χ1n) is 5.39. The number of aromatic nitrogens is 3. The molecule has 2 rings (SSSR count). The molecule has 2 N–H and O–H groups in total. The molecule has 0 bridgehead atoms. The zero-order chi connectivity index (χ0) is 10.7. The van der Waals surface area contributed by atoms with Gasteiger partial charge in [-0.05, 0) is 12.8 Å². The van der Waals surface area contributed by atoms with Gasteiger partial charge in [0, 0.05) is 24.3 Å². The third-order valence-corrected chi connectivity index (χ3v) is 2.57. The van der Waals surface area contributed by atoms with Crippen molar-refractivity contribution in [3.63, 3.8) is 0 Å². The first-order valence-corrected chi connectivity index (χ1v) is 5.39. The van der Waals surface area contributed by atoms with Crippen molar-refractivity contribution >= 4 is 11.5 Å². The zero-order valence-corrected chi connectivity index (χ0v) is 8.98. The highest BCUT2D eigenvalue weighted by Gasteiger charge is 2.05. The lowest BCUT2D eigenvalue weighted by Crippen LogP contribution is -1.98. The summed E-state index contributed by atoms with van der Waals surface area (Å²) in [6, 6.07) is 0. The summed E-state index contributed by atoms with van der Waals surface area (Å²) in [5, 5.41) is 0. The van der Waals surface area contributed by atoms with Crippen LogP contribution in [0.4, 0.5) is 5.82 Å². The van der Waals surface area contributed by atoms with Gasteiger partial charge in [0.2, 0.25) is 0 Å². The fourth-order valence-corrected chi connectivity index (χ4v) is 1.73. The quantitative estimate of drug-likeness (QED) is 0.775. The van der Waals surface area contributed by atoms with Gasteiger partial charge in [0.05, 0.1) is 0 Å². The molecule has 0 amide bonds. The van der Waals surface area contributed by atoms with Gasteiger partial charge in [0.1, 0.15) is 0 Å². The molecule has 0 aliphatic carbocycles. The number of aryl methyl sites for hydroxylation is 1. The molecule has 0 fully saturated rings. The Balaban J connectivity index is 2.25. The van der Waals surface area contributed by atoms with Crippen LogP contribution in [0.2, 0.25) is 0 Å². The molecule has 15 heavy (non-hydrogen) atoms. The molecule has 2 aromatic rings. The maximum Gasteiger partial charge on any atom is 0.180 e. The van der Waals surface area contributed by atoms with Crippen LogP contribution in [0.3, 0.4) is 0 Å². The summed E-state index contributed by atoms with van der Waals surface area (Å²) in [6.45, 7) is 2.20. The topological polar surface area (TPSA) is 56.2 Å². The first kappa shape index (κ1) is 9.96. The Hall–Kier alpha value is -1.58. The Morgan fingerprint density at radius 3 is 3.00 bits per heavy atom. The van der Waals surface area contributed by atoms with Crippen LogP contribution in [0.1, 0.15) is 31.9 Å². The second-order valence-corrected chi connectivity index (χ2v) is 3.71. The number of unbranched alkanes of at least 4 members (excludes halogenated alkanes) is 2. The first-order chi connectivity index (χ1) is 7.33. The van der Waals surface area contributed by atoms with E-state index < -0.39 is 0 Å². The smallest absolute Gasteiger partial charge is 0.180 e. The number of hydrogen-bond acceptors (Lipinski definition) is 3. The Kier molecular flexibility index (Phi) is 2.85. The number of rotatable bonds is 4. The fourth-order valence-electron chi connectivity index (χ4n) is 1.73. The zero-order valence-electron chi connectivity index (χ0n) is 8.98. The summed E-state index contributed by atoms with van der Waals surface area (Å²) in [5.41, 5.74) is 7.71. The molecule has 4 heteroatoms. The van der Waals surface area contributed by atoms with Crippen molar-refractivity contribution in [1.82, 2.24) is 14.4 Å². The van der Waals surface area contributed by atoms with E-state index in [9.17, 15) is 0 Å². The minimum Gasteiger partial charge on any atom is -0.381 e. The highest BCUT2D eigenvalue weighted by atomic mass is 15.1. The van der Waals surface area contributed by atoms with Gasteiger partial charge in [-0.3, -0.25) is 4.40 Å². The highest BCUT2D eigenvalue weighted by Crippen LogP contribution is 2.13. The SMILES string of the molecule is CCCCCc1cnc2c(N)nccn12. The Labute approximate surface area is 89.2 Å². The van der Waals surface area contributed by atoms with Crippen LogP contribution in [-0.4, -0.2) is 14.4 Å². The van der Waals surface area contributed by atoms with Crippen molar-refractivity contribution in [2.45, 2.75) is 32.6 Å². The van der Waals surface area contributed by atoms with Gasteiger partial charge in [-0.1, -0.05) is 19.8 Å². The average molecular weight is 204 g/mol. The molecule has 0 aliphatic rings. The summed E-state index contributed by atoms with van der Waals surface area (Å²) >= 11 is 0. The van der Waals surface area contributed by atoms with E-state index in [-0.39, 0.29) is 0 Å². The van der Waals surface area contributed by atoms with E-state index in [0.717, 1.165) is 12.1 Å². The third-order valence-electron chi connectivity index (χ3n) is 2.57. The second kappa shape index (κ2) is 4.29. The Bertz CT molecular complexity index is 447. The van der Waals surface area contributed by atoms with Gasteiger partial charge in [-0.15, -0.1) is 0 Å². The summed E-state index contributed by atoms with van der Waals surface area (Å²) in [5.74, 6) is 0.499. The minimum absolute atomic E-state index is 0.499. The number of hydrogen-bond donors (Lipinski definition) is 1. The maximum absolute atomic E-state index is 5.73. The molecule has 0 spiro atoms. The number of fused-ring (bicyclic) bond motifs is 1. The van der Waals surface area contributed by atoms with Crippen LogP contribution in [0.5, 0.6) is 0 Å². The molecular weight excluding hydrogens is 188 g/mol. The molecule has 0 saturated heterocycles. The van der Waals surface area contributed by atoms with E-state index in [0.29, 0.717) is 5.82 Å². The number of anilines is 1. The molecule has 4 nitrogen and oxygen atoms in total. The van der Waals surface area contributed by atoms with E-state index in [4.69, 9.17) is 5.73 Å². The lowest BCUT2D eigenvalue weighted by molar-refractivity contribution is 0.704. The van der Waals surface area contributed by atoms with Crippen LogP contribution in [0.25, 0.3) is 5.65 Å². The van der Waals surface area contributed by atoms with E-state index in [1.807, 2.05) is 16.8 Å². The van der Waals surface area contributed by atoms with Crippen molar-refractivity contribution in [1.29, 1.82) is 0 Å². The second-order valence-electron chi connectivity index (χ2n) is 3.71. The predicted octanol–water partition coefficient (Wildman–Crippen LogP) is 2.04. The third kappa shape index (κ3) is 1.93. The Morgan fingerprint density at radius 1 is 1.33 bits per heavy atom. The highest BCUT2D eigenvalue weighted by molar-refractivity contribution is 5.59. The molecule has 2 aromatic heterocycles. The van der Waals surface area contributed by atoms with E-state index >= 15 is 0 Å². The molecule has 2 heterocycles. The summed E-state index contributed by atoms with van der Waals surface area (Å²) in [4.78, 5) is 8.28. The predicted molar refractivity (Wildman–Crippen MR) is 60.6 cm³/mol. The molecule has 0 radical (unpaired) electrons. The maximum atomic E-state index is 5.73. The van der Waals surface area contributed by atoms with Gasteiger partial charge in [0.25, 0.3) is 0 Å². The number of nitrogens with zero attached hydrogens (tertiary/aromatic N) is 3. The van der Waals surface area contributed by atoms with Crippen LogP contribution < -0.4 is 5.73 Å². The Morgan fingerprint density at radius 2 is 2.20 bits per heavy atom. The van der Waals surface area contributed by atoms with E-state index in [1.54, 1.807) is 6.20 Å². The van der Waals surface area contributed by atoms with Crippen LogP contribution in [-0.2, 0) is 6.42 Å². The van der Waals surface area contributed by atoms with Gasteiger partial charge >= 0.3 is 0 Å². The number of imidazole rings is 1. The summed E-state index contributed by atoms with van der Waals surface area (Å²) < 4.78 is 2.03. The lowest BCUT2D eigenvalue weighted by atomic mass is 10.2. The molecular formula is C11H16N4. The summed E-state index contributed by atoms with van der Waals surface area (Å²) in [6.07, 6.45) is 10.3. The van der Waals surface area contributed by atoms with Crippen molar-refractivity contribution < 1.29 is 0 Å². The van der Waals surface area contributed by atoms with Gasteiger partial charge in [0.15, 0.2) is 11.5 Å². The number of nitrogens with two attached hydrogens (primary N) is 1. The fraction of sp³-hybridized carbons (Fsp3) is 0.455. The number of nitrogen functional groups attached to an aromatic ring is 1. The van der Waals surface area contributed by atoms with Crippen molar-refractivity contribution in [3.05, 3.63) is 24.3 Å². The lowest BCUT2D eigenvalue weighted by Gasteiger charge is -2.01. The van der Waals surface area contributed by atoms with Crippen LogP contribution in [0.15, 0.2) is 18.6 Å². The minimum atomic E-state index is 0.499. The standard InChI is InChI=1S/C11H16N4/c1-2-3-4-5-9-8-14-11-10(12)13-6-7-15(9)11/h6-8H,2-5H2,1H3,(H2,12,13). The molecule has 0 saturated carbocycles. The van der Waals surface area contributed by atoms with Crippen molar-refractivity contribution in [2.24, 2.45) is 0 Å². The van der Waals surface area contributed by atoms with Crippen LogP contribution >= 0.6 is 0 Å². The van der Waals surface area contributed by atoms with Gasteiger partial charge < -0.3 is 5.73 Å².